The topological polar surface area (TPSA) is 81.2 Å². The lowest BCUT2D eigenvalue weighted by atomic mass is 9.66. The van der Waals surface area contributed by atoms with Gasteiger partial charge in [0.05, 0.1) is 6.04 Å². The number of allylic oxidation sites excluding steroid dienone is 1. The molecule has 3 heterocycles. The summed E-state index contributed by atoms with van der Waals surface area (Å²) < 4.78 is 34.3. The third-order valence-electron chi connectivity index (χ3n) is 5.62. The molecular formula is C21H26F2N6OS. The monoisotopic (exact) mass is 448 g/mol. The van der Waals surface area contributed by atoms with Crippen LogP contribution in [0.1, 0.15) is 33.2 Å². The van der Waals surface area contributed by atoms with E-state index in [1.807, 2.05) is 26.8 Å². The highest BCUT2D eigenvalue weighted by molar-refractivity contribution is 7.80. The van der Waals surface area contributed by atoms with Crippen molar-refractivity contribution in [2.24, 2.45) is 17.6 Å². The van der Waals surface area contributed by atoms with Gasteiger partial charge in [-0.05, 0) is 45.1 Å². The van der Waals surface area contributed by atoms with E-state index in [1.54, 1.807) is 4.68 Å². The number of halogens is 2. The van der Waals surface area contributed by atoms with E-state index in [0.29, 0.717) is 23.5 Å². The van der Waals surface area contributed by atoms with Crippen molar-refractivity contribution in [3.05, 3.63) is 41.6 Å². The summed E-state index contributed by atoms with van der Waals surface area (Å²) >= 11 is 5.47. The number of hydrogen-bond donors (Lipinski definition) is 2. The van der Waals surface area contributed by atoms with Crippen molar-refractivity contribution >= 4 is 23.2 Å². The Hall–Kier alpha value is -2.75. The summed E-state index contributed by atoms with van der Waals surface area (Å²) in [6.07, 6.45) is 2.95. The van der Waals surface area contributed by atoms with Crippen molar-refractivity contribution in [3.63, 3.8) is 0 Å². The van der Waals surface area contributed by atoms with Gasteiger partial charge in [0, 0.05) is 43.0 Å². The molecule has 2 unspecified atom stereocenters. The second kappa shape index (κ2) is 8.41. The quantitative estimate of drug-likeness (QED) is 0.513. The van der Waals surface area contributed by atoms with Crippen LogP contribution in [0.2, 0.25) is 0 Å². The Bertz CT molecular complexity index is 987. The number of hydrogen-bond acceptors (Lipinski definition) is 6. The number of nitrogens with zero attached hydrogens (tertiary/aromatic N) is 4. The SMILES string of the molecule is CC(N)=CC(=S)N1CC2C[C@@H](C1)C2Nc1nc(Oc2cc(F)cc(F)c2)n(C(C)C)n1. The van der Waals surface area contributed by atoms with Gasteiger partial charge in [-0.25, -0.2) is 13.5 Å². The van der Waals surface area contributed by atoms with Gasteiger partial charge in [-0.1, -0.05) is 12.2 Å². The van der Waals surface area contributed by atoms with Gasteiger partial charge in [0.15, 0.2) is 0 Å². The molecule has 7 nitrogen and oxygen atoms in total. The van der Waals surface area contributed by atoms with Crippen LogP contribution in [0.3, 0.4) is 0 Å². The van der Waals surface area contributed by atoms with Gasteiger partial charge in [0.2, 0.25) is 5.95 Å². The molecule has 1 aliphatic carbocycles. The molecule has 0 amide bonds. The number of aromatic nitrogens is 3. The van der Waals surface area contributed by atoms with Gasteiger partial charge in [-0.2, -0.15) is 4.98 Å². The Balaban J connectivity index is 1.46. The molecule has 10 heteroatoms. The van der Waals surface area contributed by atoms with E-state index < -0.39 is 11.6 Å². The van der Waals surface area contributed by atoms with Gasteiger partial charge in [0.1, 0.15) is 22.4 Å². The van der Waals surface area contributed by atoms with Gasteiger partial charge in [-0.3, -0.25) is 0 Å². The molecular weight excluding hydrogens is 422 g/mol. The third kappa shape index (κ3) is 4.63. The summed E-state index contributed by atoms with van der Waals surface area (Å²) in [4.78, 5) is 7.40. The standard InChI is InChI=1S/C21H26F2N6OS/c1-11(2)29-21(30-17-7-15(22)6-16(23)8-17)26-20(27-29)25-19-13-5-14(19)10-28(9-13)18(31)4-12(3)24/h4,6-8,11,13-14,19H,5,9-10,24H2,1-3H3,(H,25,27)/t13-,14?,19?/m0/s1. The second-order valence-corrected chi connectivity index (χ2v) is 8.94. The Morgan fingerprint density at radius 3 is 2.48 bits per heavy atom. The van der Waals surface area contributed by atoms with Crippen molar-refractivity contribution in [1.82, 2.24) is 19.7 Å². The van der Waals surface area contributed by atoms with Crippen LogP contribution in [0, 0.1) is 23.5 Å². The zero-order chi connectivity index (χ0) is 22.3. The highest BCUT2D eigenvalue weighted by Crippen LogP contribution is 2.42. The number of thiocarbonyl (C=S) groups is 1. The van der Waals surface area contributed by atoms with Crippen molar-refractivity contribution in [2.45, 2.75) is 39.3 Å². The summed E-state index contributed by atoms with van der Waals surface area (Å²) in [5, 5.41) is 7.93. The minimum Gasteiger partial charge on any atom is -0.424 e. The Kier molecular flexibility index (Phi) is 5.83. The lowest BCUT2D eigenvalue weighted by Gasteiger charge is -2.54. The van der Waals surface area contributed by atoms with Gasteiger partial charge >= 0.3 is 6.01 Å². The first kappa shape index (κ1) is 21.5. The summed E-state index contributed by atoms with van der Waals surface area (Å²) in [6.45, 7) is 7.40. The number of nitrogens with two attached hydrogens (primary N) is 1. The minimum absolute atomic E-state index is 0.0336. The van der Waals surface area contributed by atoms with Crippen LogP contribution >= 0.6 is 12.2 Å². The molecule has 1 aromatic heterocycles. The molecule has 2 aliphatic heterocycles. The summed E-state index contributed by atoms with van der Waals surface area (Å²) in [5.41, 5.74) is 6.45. The average molecular weight is 449 g/mol. The fourth-order valence-electron chi connectivity index (χ4n) is 4.21. The number of anilines is 1. The molecule has 3 aliphatic rings. The summed E-state index contributed by atoms with van der Waals surface area (Å²) in [5.74, 6) is -0.103. The van der Waals surface area contributed by atoms with E-state index in [9.17, 15) is 8.78 Å². The van der Waals surface area contributed by atoms with E-state index in [4.69, 9.17) is 22.7 Å². The molecule has 2 saturated heterocycles. The van der Waals surface area contributed by atoms with E-state index in [1.165, 1.54) is 0 Å². The van der Waals surface area contributed by atoms with Crippen molar-refractivity contribution in [1.29, 1.82) is 0 Å². The van der Waals surface area contributed by atoms with Crippen LogP contribution in [0.15, 0.2) is 30.0 Å². The molecule has 2 aromatic rings. The Morgan fingerprint density at radius 2 is 1.90 bits per heavy atom. The van der Waals surface area contributed by atoms with Crippen LogP contribution in [-0.2, 0) is 0 Å². The maximum Gasteiger partial charge on any atom is 0.322 e. The summed E-state index contributed by atoms with van der Waals surface area (Å²) in [6, 6.07) is 3.39. The van der Waals surface area contributed by atoms with Crippen LogP contribution in [0.25, 0.3) is 0 Å². The fourth-order valence-corrected chi connectivity index (χ4v) is 4.54. The lowest BCUT2D eigenvalue weighted by Crippen LogP contribution is -2.62. The molecule has 0 radical (unpaired) electrons. The van der Waals surface area contributed by atoms with Crippen LogP contribution in [0.5, 0.6) is 11.8 Å². The highest BCUT2D eigenvalue weighted by atomic mass is 32.1. The maximum atomic E-state index is 13.5. The smallest absolute Gasteiger partial charge is 0.322 e. The number of nitrogens with one attached hydrogen (secondary N) is 1. The predicted molar refractivity (Wildman–Crippen MR) is 118 cm³/mol. The first-order valence-corrected chi connectivity index (χ1v) is 10.7. The molecule has 3 fully saturated rings. The molecule has 1 saturated carbocycles. The number of benzene rings is 1. The van der Waals surface area contributed by atoms with Crippen LogP contribution < -0.4 is 15.8 Å². The first-order chi connectivity index (χ1) is 14.7. The molecule has 3 N–H and O–H groups in total. The van der Waals surface area contributed by atoms with Gasteiger partial charge in [0.25, 0.3) is 0 Å². The number of ether oxygens (including phenoxy) is 1. The number of rotatable bonds is 6. The molecule has 0 spiro atoms. The van der Waals surface area contributed by atoms with E-state index in [-0.39, 0.29) is 23.8 Å². The molecule has 166 valence electrons. The molecule has 31 heavy (non-hydrogen) atoms. The van der Waals surface area contributed by atoms with E-state index in [2.05, 4.69) is 20.3 Å². The van der Waals surface area contributed by atoms with E-state index in [0.717, 1.165) is 42.7 Å². The normalized spacial score (nSPS) is 23.0. The highest BCUT2D eigenvalue weighted by Gasteiger charge is 2.47. The molecule has 3 atom stereocenters. The lowest BCUT2D eigenvalue weighted by molar-refractivity contribution is 0.0514. The minimum atomic E-state index is -0.714. The number of fused-ring (bicyclic) bond motifs is 2. The fraction of sp³-hybridized carbons (Fsp3) is 0.476. The number of piperidine rings is 2. The average Bonchev–Trinajstić information content (AvgIpc) is 3.07. The van der Waals surface area contributed by atoms with Gasteiger partial charge < -0.3 is 20.7 Å². The molecule has 1 aromatic carbocycles. The zero-order valence-corrected chi connectivity index (χ0v) is 18.5. The summed E-state index contributed by atoms with van der Waals surface area (Å²) in [7, 11) is 0. The van der Waals surface area contributed by atoms with Crippen molar-refractivity contribution in [3.8, 4) is 11.8 Å². The molecule has 5 rings (SSSR count). The second-order valence-electron chi connectivity index (χ2n) is 8.52. The van der Waals surface area contributed by atoms with Crippen LogP contribution in [-0.4, -0.2) is 43.8 Å². The largest absolute Gasteiger partial charge is 0.424 e. The Morgan fingerprint density at radius 1 is 1.26 bits per heavy atom. The van der Waals surface area contributed by atoms with Crippen LogP contribution in [0.4, 0.5) is 14.7 Å². The maximum absolute atomic E-state index is 13.5. The van der Waals surface area contributed by atoms with Gasteiger partial charge in [-0.15, -0.1) is 5.10 Å². The van der Waals surface area contributed by atoms with Crippen molar-refractivity contribution < 1.29 is 13.5 Å². The van der Waals surface area contributed by atoms with Crippen molar-refractivity contribution in [2.75, 3.05) is 18.4 Å². The predicted octanol–water partition coefficient (Wildman–Crippen LogP) is 3.85. The Labute approximate surface area is 185 Å². The third-order valence-corrected chi connectivity index (χ3v) is 6.00. The zero-order valence-electron chi connectivity index (χ0n) is 17.7. The molecule has 2 bridgehead atoms. The van der Waals surface area contributed by atoms with E-state index >= 15 is 0 Å². The first-order valence-electron chi connectivity index (χ1n) is 10.3.